The topological polar surface area (TPSA) is 64.6 Å². The maximum absolute atomic E-state index is 12.5. The van der Waals surface area contributed by atoms with Crippen LogP contribution in [0.25, 0.3) is 10.8 Å². The molecule has 0 aliphatic heterocycles. The van der Waals surface area contributed by atoms with E-state index in [4.69, 9.17) is 9.47 Å². The molecule has 0 aromatic heterocycles. The van der Waals surface area contributed by atoms with E-state index in [2.05, 4.69) is 4.72 Å². The first kappa shape index (κ1) is 19.2. The number of aryl methyl sites for hydroxylation is 1. The number of fused-ring (bicyclic) bond motifs is 1. The summed E-state index contributed by atoms with van der Waals surface area (Å²) in [5.41, 5.74) is 1.78. The summed E-state index contributed by atoms with van der Waals surface area (Å²) in [4.78, 5) is 0. The number of hydrogen-bond acceptors (Lipinski definition) is 4. The maximum Gasteiger partial charge on any atom is 0.212 e. The van der Waals surface area contributed by atoms with Crippen molar-refractivity contribution < 1.29 is 17.9 Å². The second kappa shape index (κ2) is 8.41. The van der Waals surface area contributed by atoms with Crippen molar-refractivity contribution in [2.45, 2.75) is 13.0 Å². The number of sulfonamides is 1. The Morgan fingerprint density at radius 3 is 2.44 bits per heavy atom. The Hall–Kier alpha value is -2.57. The highest BCUT2D eigenvalue weighted by atomic mass is 32.2. The molecular formula is C21H23NO4S. The Balaban J connectivity index is 1.67. The normalized spacial score (nSPS) is 11.5. The van der Waals surface area contributed by atoms with Crippen molar-refractivity contribution in [3.63, 3.8) is 0 Å². The highest BCUT2D eigenvalue weighted by molar-refractivity contribution is 7.89. The zero-order valence-electron chi connectivity index (χ0n) is 15.4. The van der Waals surface area contributed by atoms with Crippen LogP contribution in [0, 0.1) is 0 Å². The lowest BCUT2D eigenvalue weighted by Crippen LogP contribution is -2.27. The summed E-state index contributed by atoms with van der Waals surface area (Å²) in [6, 6.07) is 19.3. The van der Waals surface area contributed by atoms with Crippen molar-refractivity contribution in [2.75, 3.05) is 20.0 Å². The number of rotatable bonds is 8. The molecule has 0 amide bonds. The predicted octanol–water partition coefficient (Wildman–Crippen LogP) is 3.52. The van der Waals surface area contributed by atoms with E-state index in [0.717, 1.165) is 21.9 Å². The molecule has 3 rings (SSSR count). The molecule has 142 valence electrons. The maximum atomic E-state index is 12.5. The molecule has 0 fully saturated rings. The summed E-state index contributed by atoms with van der Waals surface area (Å²) in [5, 5.41) is 2.20. The molecule has 3 aromatic carbocycles. The van der Waals surface area contributed by atoms with Gasteiger partial charge < -0.3 is 9.47 Å². The van der Waals surface area contributed by atoms with E-state index < -0.39 is 10.0 Å². The molecule has 0 bridgehead atoms. The van der Waals surface area contributed by atoms with Gasteiger partial charge in [-0.25, -0.2) is 13.1 Å². The summed E-state index contributed by atoms with van der Waals surface area (Å²) >= 11 is 0. The Bertz CT molecular complexity index is 1030. The molecule has 0 aliphatic rings. The molecule has 0 saturated heterocycles. The zero-order valence-corrected chi connectivity index (χ0v) is 16.3. The van der Waals surface area contributed by atoms with Crippen LogP contribution < -0.4 is 14.2 Å². The van der Waals surface area contributed by atoms with Gasteiger partial charge in [0.15, 0.2) is 0 Å². The third-order valence-corrected chi connectivity index (χ3v) is 5.82. The van der Waals surface area contributed by atoms with Gasteiger partial charge in [0.05, 0.1) is 20.0 Å². The summed E-state index contributed by atoms with van der Waals surface area (Å²) in [7, 11) is -0.301. The molecule has 0 atom stereocenters. The molecule has 27 heavy (non-hydrogen) atoms. The fourth-order valence-corrected chi connectivity index (χ4v) is 4.02. The van der Waals surface area contributed by atoms with Crippen LogP contribution in [-0.2, 0) is 23.0 Å². The molecule has 3 aromatic rings. The van der Waals surface area contributed by atoms with Crippen molar-refractivity contribution in [3.8, 4) is 11.5 Å². The number of benzene rings is 3. The van der Waals surface area contributed by atoms with Gasteiger partial charge in [-0.15, -0.1) is 0 Å². The van der Waals surface area contributed by atoms with E-state index in [9.17, 15) is 8.42 Å². The summed E-state index contributed by atoms with van der Waals surface area (Å²) in [6.45, 7) is 0.172. The molecule has 5 nitrogen and oxygen atoms in total. The summed E-state index contributed by atoms with van der Waals surface area (Å²) in [6.07, 6.45) is 0.455. The molecular weight excluding hydrogens is 362 g/mol. The van der Waals surface area contributed by atoms with E-state index in [1.54, 1.807) is 32.4 Å². The van der Waals surface area contributed by atoms with Gasteiger partial charge in [0.2, 0.25) is 10.0 Å². The first-order valence-corrected chi connectivity index (χ1v) is 10.3. The van der Waals surface area contributed by atoms with Crippen LogP contribution in [0.15, 0.2) is 60.7 Å². The molecule has 0 spiro atoms. The Morgan fingerprint density at radius 2 is 1.67 bits per heavy atom. The molecule has 0 aliphatic carbocycles. The SMILES string of the molecule is COc1ccc(CNS(=O)(=O)CCc2cccc3ccccc23)c(OC)c1. The number of nitrogens with one attached hydrogen (secondary N) is 1. The molecule has 6 heteroatoms. The minimum Gasteiger partial charge on any atom is -0.497 e. The highest BCUT2D eigenvalue weighted by Gasteiger charge is 2.13. The number of hydrogen-bond donors (Lipinski definition) is 1. The van der Waals surface area contributed by atoms with Gasteiger partial charge in [0.25, 0.3) is 0 Å². The molecule has 0 radical (unpaired) electrons. The average molecular weight is 385 g/mol. The Kier molecular flexibility index (Phi) is 5.98. The quantitative estimate of drug-likeness (QED) is 0.644. The lowest BCUT2D eigenvalue weighted by Gasteiger charge is -2.12. The molecule has 0 unspecified atom stereocenters. The van der Waals surface area contributed by atoms with Gasteiger partial charge >= 0.3 is 0 Å². The molecule has 1 N–H and O–H groups in total. The molecule has 0 heterocycles. The van der Waals surface area contributed by atoms with E-state index in [0.29, 0.717) is 17.9 Å². The van der Waals surface area contributed by atoms with Gasteiger partial charge in [0.1, 0.15) is 11.5 Å². The van der Waals surface area contributed by atoms with Crippen molar-refractivity contribution in [2.24, 2.45) is 0 Å². The first-order valence-electron chi connectivity index (χ1n) is 8.67. The van der Waals surface area contributed by atoms with Gasteiger partial charge in [-0.1, -0.05) is 48.5 Å². The number of ether oxygens (including phenoxy) is 2. The fourth-order valence-electron chi connectivity index (χ4n) is 3.01. The molecule has 0 saturated carbocycles. The predicted molar refractivity (Wildman–Crippen MR) is 108 cm³/mol. The van der Waals surface area contributed by atoms with Crippen molar-refractivity contribution >= 4 is 20.8 Å². The zero-order chi connectivity index (χ0) is 19.3. The third kappa shape index (κ3) is 4.78. The first-order chi connectivity index (χ1) is 13.0. The average Bonchev–Trinajstić information content (AvgIpc) is 2.70. The Labute approximate surface area is 160 Å². The van der Waals surface area contributed by atoms with Crippen LogP contribution >= 0.6 is 0 Å². The lowest BCUT2D eigenvalue weighted by atomic mass is 10.0. The monoisotopic (exact) mass is 385 g/mol. The smallest absolute Gasteiger partial charge is 0.212 e. The second-order valence-electron chi connectivity index (χ2n) is 6.21. The van der Waals surface area contributed by atoms with E-state index in [-0.39, 0.29) is 12.3 Å². The van der Waals surface area contributed by atoms with E-state index >= 15 is 0 Å². The van der Waals surface area contributed by atoms with Crippen molar-refractivity contribution in [1.82, 2.24) is 4.72 Å². The van der Waals surface area contributed by atoms with Gasteiger partial charge in [-0.3, -0.25) is 0 Å². The van der Waals surface area contributed by atoms with E-state index in [1.807, 2.05) is 42.5 Å². The standard InChI is InChI=1S/C21H23NO4S/c1-25-19-11-10-18(21(14-19)26-2)15-22-27(23,24)13-12-17-8-5-7-16-6-3-4-9-20(16)17/h3-11,14,22H,12-13,15H2,1-2H3. The van der Waals surface area contributed by atoms with Crippen LogP contribution in [0.3, 0.4) is 0 Å². The minimum absolute atomic E-state index is 0.0273. The minimum atomic E-state index is -3.42. The van der Waals surface area contributed by atoms with Gasteiger partial charge in [0, 0.05) is 18.2 Å². The van der Waals surface area contributed by atoms with Crippen LogP contribution in [0.4, 0.5) is 0 Å². The second-order valence-corrected chi connectivity index (χ2v) is 8.13. The van der Waals surface area contributed by atoms with Crippen LogP contribution in [0.5, 0.6) is 11.5 Å². The fraction of sp³-hybridized carbons (Fsp3) is 0.238. The van der Waals surface area contributed by atoms with Crippen LogP contribution in [0.2, 0.25) is 0 Å². The largest absolute Gasteiger partial charge is 0.497 e. The highest BCUT2D eigenvalue weighted by Crippen LogP contribution is 2.24. The van der Waals surface area contributed by atoms with E-state index in [1.165, 1.54) is 0 Å². The van der Waals surface area contributed by atoms with Gasteiger partial charge in [-0.2, -0.15) is 0 Å². The van der Waals surface area contributed by atoms with Crippen molar-refractivity contribution in [1.29, 1.82) is 0 Å². The number of methoxy groups -OCH3 is 2. The lowest BCUT2D eigenvalue weighted by molar-refractivity contribution is 0.390. The van der Waals surface area contributed by atoms with Crippen LogP contribution in [0.1, 0.15) is 11.1 Å². The summed E-state index contributed by atoms with van der Waals surface area (Å²) < 4.78 is 38.1. The van der Waals surface area contributed by atoms with Gasteiger partial charge in [-0.05, 0) is 28.8 Å². The Morgan fingerprint density at radius 1 is 0.889 bits per heavy atom. The third-order valence-electron chi connectivity index (χ3n) is 4.50. The van der Waals surface area contributed by atoms with Crippen molar-refractivity contribution in [3.05, 3.63) is 71.8 Å². The summed E-state index contributed by atoms with van der Waals surface area (Å²) in [5.74, 6) is 1.28. The van der Waals surface area contributed by atoms with Crippen LogP contribution in [-0.4, -0.2) is 28.4 Å².